The summed E-state index contributed by atoms with van der Waals surface area (Å²) >= 11 is 0. The molecule has 1 fully saturated rings. The first kappa shape index (κ1) is 14.1. The molecule has 1 atom stereocenters. The van der Waals surface area contributed by atoms with Crippen molar-refractivity contribution >= 4 is 16.9 Å². The highest BCUT2D eigenvalue weighted by molar-refractivity contribution is 5.91. The second kappa shape index (κ2) is 5.19. The molecule has 1 unspecified atom stereocenters. The van der Waals surface area contributed by atoms with E-state index in [1.165, 1.54) is 18.4 Å². The maximum Gasteiger partial charge on any atom is 0.371 e. The van der Waals surface area contributed by atoms with Gasteiger partial charge in [0, 0.05) is 18.5 Å². The number of carboxylic acid groups (broad SMARTS) is 1. The summed E-state index contributed by atoms with van der Waals surface area (Å²) in [6.07, 6.45) is 2.47. The molecule has 0 amide bonds. The van der Waals surface area contributed by atoms with E-state index in [0.717, 1.165) is 25.0 Å². The van der Waals surface area contributed by atoms with Crippen LogP contribution in [0, 0.1) is 5.41 Å². The van der Waals surface area contributed by atoms with E-state index in [9.17, 15) is 4.79 Å². The molecule has 0 radical (unpaired) electrons. The van der Waals surface area contributed by atoms with Crippen molar-refractivity contribution in [3.63, 3.8) is 0 Å². The van der Waals surface area contributed by atoms with E-state index in [2.05, 4.69) is 18.7 Å². The van der Waals surface area contributed by atoms with Gasteiger partial charge >= 0.3 is 5.97 Å². The molecule has 4 nitrogen and oxygen atoms in total. The lowest BCUT2D eigenvalue weighted by Gasteiger charge is -2.22. The Morgan fingerprint density at radius 1 is 1.43 bits per heavy atom. The molecule has 4 heteroatoms. The highest BCUT2D eigenvalue weighted by Gasteiger charge is 2.31. The van der Waals surface area contributed by atoms with Crippen LogP contribution >= 0.6 is 0 Å². The molecule has 0 aliphatic carbocycles. The van der Waals surface area contributed by atoms with Gasteiger partial charge in [-0.05, 0) is 48.6 Å². The molecule has 2 heterocycles. The Labute approximate surface area is 124 Å². The van der Waals surface area contributed by atoms with Gasteiger partial charge in [-0.3, -0.25) is 4.90 Å². The zero-order valence-corrected chi connectivity index (χ0v) is 12.6. The third-order valence-electron chi connectivity index (χ3n) is 4.69. The molecular formula is C17H21NO3. The fourth-order valence-electron chi connectivity index (χ4n) is 3.10. The van der Waals surface area contributed by atoms with E-state index < -0.39 is 5.97 Å². The molecule has 21 heavy (non-hydrogen) atoms. The number of likely N-dealkylation sites (tertiary alicyclic amines) is 1. The first-order valence-corrected chi connectivity index (χ1v) is 7.47. The van der Waals surface area contributed by atoms with Gasteiger partial charge in [0.15, 0.2) is 0 Å². The molecule has 1 aromatic carbocycles. The monoisotopic (exact) mass is 287 g/mol. The number of hydrogen-bond donors (Lipinski definition) is 1. The number of carbonyl (C=O) groups is 1. The average Bonchev–Trinajstić information content (AvgIpc) is 3.03. The number of furan rings is 1. The van der Waals surface area contributed by atoms with Gasteiger partial charge in [0.05, 0.1) is 0 Å². The molecule has 0 spiro atoms. The van der Waals surface area contributed by atoms with Crippen LogP contribution in [0.15, 0.2) is 28.7 Å². The van der Waals surface area contributed by atoms with Gasteiger partial charge < -0.3 is 9.52 Å². The average molecular weight is 287 g/mol. The Hall–Kier alpha value is -1.81. The minimum Gasteiger partial charge on any atom is -0.475 e. The third-order valence-corrected chi connectivity index (χ3v) is 4.69. The van der Waals surface area contributed by atoms with Crippen LogP contribution in [0.3, 0.4) is 0 Å². The maximum absolute atomic E-state index is 10.9. The van der Waals surface area contributed by atoms with Crippen molar-refractivity contribution in [3.05, 3.63) is 35.6 Å². The molecule has 1 aliphatic heterocycles. The highest BCUT2D eigenvalue weighted by atomic mass is 16.4. The standard InChI is InChI=1S/C17H21NO3/c1-3-17(2)6-7-18(11-17)10-12-4-5-14-13(8-12)9-15(21-14)16(19)20/h4-5,8-9H,3,6-7,10-11H2,1-2H3,(H,19,20). The second-order valence-corrected chi connectivity index (χ2v) is 6.41. The van der Waals surface area contributed by atoms with E-state index in [1.54, 1.807) is 6.07 Å². The fourth-order valence-corrected chi connectivity index (χ4v) is 3.10. The zero-order chi connectivity index (χ0) is 15.0. The van der Waals surface area contributed by atoms with Crippen molar-refractivity contribution in [1.29, 1.82) is 0 Å². The number of fused-ring (bicyclic) bond motifs is 1. The van der Waals surface area contributed by atoms with Gasteiger partial charge in [-0.25, -0.2) is 4.79 Å². The van der Waals surface area contributed by atoms with E-state index in [4.69, 9.17) is 9.52 Å². The molecule has 1 aromatic heterocycles. The van der Waals surface area contributed by atoms with Gasteiger partial charge in [0.1, 0.15) is 5.58 Å². The van der Waals surface area contributed by atoms with Crippen molar-refractivity contribution in [2.45, 2.75) is 33.2 Å². The number of benzene rings is 1. The Balaban J connectivity index is 1.77. The minimum atomic E-state index is -1.02. The number of carboxylic acids is 1. The van der Waals surface area contributed by atoms with Crippen LogP contribution in [-0.2, 0) is 6.54 Å². The molecule has 1 N–H and O–H groups in total. The van der Waals surface area contributed by atoms with Gasteiger partial charge in [-0.2, -0.15) is 0 Å². The number of nitrogens with zero attached hydrogens (tertiary/aromatic N) is 1. The Morgan fingerprint density at radius 2 is 2.24 bits per heavy atom. The number of rotatable bonds is 4. The van der Waals surface area contributed by atoms with Crippen molar-refractivity contribution < 1.29 is 14.3 Å². The van der Waals surface area contributed by atoms with Gasteiger partial charge in [0.2, 0.25) is 5.76 Å². The first-order valence-electron chi connectivity index (χ1n) is 7.47. The van der Waals surface area contributed by atoms with Crippen LogP contribution in [0.5, 0.6) is 0 Å². The predicted molar refractivity (Wildman–Crippen MR) is 81.5 cm³/mol. The Bertz CT molecular complexity index is 676. The van der Waals surface area contributed by atoms with Crippen LogP contribution in [0.2, 0.25) is 0 Å². The topological polar surface area (TPSA) is 53.7 Å². The van der Waals surface area contributed by atoms with Crippen LogP contribution in [0.1, 0.15) is 42.8 Å². The summed E-state index contributed by atoms with van der Waals surface area (Å²) in [5.41, 5.74) is 2.28. The van der Waals surface area contributed by atoms with Crippen molar-refractivity contribution in [2.75, 3.05) is 13.1 Å². The summed E-state index contributed by atoms with van der Waals surface area (Å²) in [5, 5.41) is 9.83. The molecule has 3 rings (SSSR count). The maximum atomic E-state index is 10.9. The first-order chi connectivity index (χ1) is 9.99. The van der Waals surface area contributed by atoms with E-state index in [0.29, 0.717) is 11.0 Å². The predicted octanol–water partition coefficient (Wildman–Crippen LogP) is 3.75. The summed E-state index contributed by atoms with van der Waals surface area (Å²) in [6.45, 7) is 7.79. The van der Waals surface area contributed by atoms with E-state index in [-0.39, 0.29) is 5.76 Å². The minimum absolute atomic E-state index is 0.00174. The molecule has 2 aromatic rings. The van der Waals surface area contributed by atoms with Gasteiger partial charge in [-0.1, -0.05) is 19.9 Å². The van der Waals surface area contributed by atoms with E-state index in [1.807, 2.05) is 18.2 Å². The van der Waals surface area contributed by atoms with Gasteiger partial charge in [0.25, 0.3) is 0 Å². The summed E-state index contributed by atoms with van der Waals surface area (Å²) in [4.78, 5) is 13.4. The lowest BCUT2D eigenvalue weighted by molar-refractivity contribution is 0.0665. The van der Waals surface area contributed by atoms with Gasteiger partial charge in [-0.15, -0.1) is 0 Å². The Morgan fingerprint density at radius 3 is 2.90 bits per heavy atom. The normalized spacial score (nSPS) is 23.0. The van der Waals surface area contributed by atoms with Crippen molar-refractivity contribution in [2.24, 2.45) is 5.41 Å². The smallest absolute Gasteiger partial charge is 0.371 e. The van der Waals surface area contributed by atoms with Crippen molar-refractivity contribution in [3.8, 4) is 0 Å². The lowest BCUT2D eigenvalue weighted by atomic mass is 9.87. The third kappa shape index (κ3) is 2.81. The largest absolute Gasteiger partial charge is 0.475 e. The van der Waals surface area contributed by atoms with Crippen LogP contribution in [-0.4, -0.2) is 29.1 Å². The quantitative estimate of drug-likeness (QED) is 0.930. The Kier molecular flexibility index (Phi) is 3.49. The molecule has 112 valence electrons. The summed E-state index contributed by atoms with van der Waals surface area (Å²) < 4.78 is 5.29. The molecule has 1 saturated heterocycles. The summed E-state index contributed by atoms with van der Waals surface area (Å²) in [5.74, 6) is -1.02. The summed E-state index contributed by atoms with van der Waals surface area (Å²) in [6, 6.07) is 7.53. The summed E-state index contributed by atoms with van der Waals surface area (Å²) in [7, 11) is 0. The molecule has 0 saturated carbocycles. The highest BCUT2D eigenvalue weighted by Crippen LogP contribution is 2.34. The van der Waals surface area contributed by atoms with Crippen molar-refractivity contribution in [1.82, 2.24) is 4.90 Å². The molecule has 1 aliphatic rings. The van der Waals surface area contributed by atoms with Crippen LogP contribution in [0.25, 0.3) is 11.0 Å². The number of hydrogen-bond acceptors (Lipinski definition) is 3. The second-order valence-electron chi connectivity index (χ2n) is 6.41. The van der Waals surface area contributed by atoms with Crippen LogP contribution in [0.4, 0.5) is 0 Å². The lowest BCUT2D eigenvalue weighted by Crippen LogP contribution is -2.24. The fraction of sp³-hybridized carbons (Fsp3) is 0.471. The molecule has 0 bridgehead atoms. The molecular weight excluding hydrogens is 266 g/mol. The number of aromatic carboxylic acids is 1. The SMILES string of the molecule is CCC1(C)CCN(Cc2ccc3oc(C(=O)O)cc3c2)C1. The zero-order valence-electron chi connectivity index (χ0n) is 12.6. The van der Waals surface area contributed by atoms with Crippen LogP contribution < -0.4 is 0 Å². The van der Waals surface area contributed by atoms with E-state index >= 15 is 0 Å².